The molecule has 0 aliphatic heterocycles. The van der Waals surface area contributed by atoms with Gasteiger partial charge in [-0.3, -0.25) is 0 Å². The van der Waals surface area contributed by atoms with Crippen LogP contribution >= 0.6 is 11.3 Å². The Balaban J connectivity index is 2.14. The first-order chi connectivity index (χ1) is 7.40. The normalized spacial score (nSPS) is 10.5. The summed E-state index contributed by atoms with van der Waals surface area (Å²) in [5.41, 5.74) is 2.17. The van der Waals surface area contributed by atoms with Crippen molar-refractivity contribution in [1.29, 1.82) is 0 Å². The van der Waals surface area contributed by atoms with Gasteiger partial charge in [0.05, 0.1) is 17.3 Å². The maximum Gasteiger partial charge on any atom is 0.0956 e. The summed E-state index contributed by atoms with van der Waals surface area (Å²) in [5, 5.41) is 3.11. The average Bonchev–Trinajstić information content (AvgIpc) is 2.76. The second-order valence-corrected chi connectivity index (χ2v) is 4.06. The Morgan fingerprint density at radius 2 is 2.07 bits per heavy atom. The third-order valence-corrected chi connectivity index (χ3v) is 2.96. The van der Waals surface area contributed by atoms with E-state index >= 15 is 0 Å². The van der Waals surface area contributed by atoms with Crippen molar-refractivity contribution in [3.05, 3.63) is 40.7 Å². The Kier molecular flexibility index (Phi) is 3.45. The minimum absolute atomic E-state index is 0.516. The monoisotopic (exact) mass is 220 g/mol. The lowest BCUT2D eigenvalue weighted by Gasteiger charge is -1.95. The highest BCUT2D eigenvalue weighted by Gasteiger charge is 2.03. The second-order valence-electron chi connectivity index (χ2n) is 3.11. The first-order valence-corrected chi connectivity index (χ1v) is 5.59. The molecule has 0 spiro atoms. The molecule has 15 heavy (non-hydrogen) atoms. The molecule has 4 heteroatoms. The van der Waals surface area contributed by atoms with E-state index in [1.165, 1.54) is 0 Å². The Bertz CT molecular complexity index is 414. The molecule has 1 aromatic carbocycles. The molecule has 2 aromatic rings. The molecule has 0 saturated heterocycles. The van der Waals surface area contributed by atoms with E-state index in [1.54, 1.807) is 11.3 Å². The van der Waals surface area contributed by atoms with Crippen molar-refractivity contribution >= 4 is 11.3 Å². The Hall–Kier alpha value is -1.23. The average molecular weight is 220 g/mol. The summed E-state index contributed by atoms with van der Waals surface area (Å²) >= 11 is 1.64. The summed E-state index contributed by atoms with van der Waals surface area (Å²) in [5.74, 6) is 4.97. The van der Waals surface area contributed by atoms with Crippen molar-refractivity contribution in [2.45, 2.75) is 6.42 Å². The number of hydrogen-bond donors (Lipinski definition) is 1. The van der Waals surface area contributed by atoms with Gasteiger partial charge in [-0.1, -0.05) is 30.3 Å². The maximum absolute atomic E-state index is 4.97. The lowest BCUT2D eigenvalue weighted by molar-refractivity contribution is 0.141. The first-order valence-electron chi connectivity index (χ1n) is 4.71. The van der Waals surface area contributed by atoms with E-state index in [0.29, 0.717) is 6.61 Å². The predicted octanol–water partition coefficient (Wildman–Crippen LogP) is 2.24. The molecule has 0 radical (unpaired) electrons. The zero-order chi connectivity index (χ0) is 10.5. The van der Waals surface area contributed by atoms with Crippen LogP contribution in [0.5, 0.6) is 0 Å². The Labute approximate surface area is 92.5 Å². The number of aromatic nitrogens is 1. The fourth-order valence-electron chi connectivity index (χ4n) is 1.31. The van der Waals surface area contributed by atoms with Crippen molar-refractivity contribution in [1.82, 2.24) is 4.98 Å². The zero-order valence-corrected chi connectivity index (χ0v) is 9.04. The van der Waals surface area contributed by atoms with E-state index in [9.17, 15) is 0 Å². The molecular weight excluding hydrogens is 208 g/mol. The minimum atomic E-state index is 0.516. The maximum atomic E-state index is 4.97. The summed E-state index contributed by atoms with van der Waals surface area (Å²) in [6.45, 7) is 0.516. The molecule has 0 bridgehead atoms. The zero-order valence-electron chi connectivity index (χ0n) is 8.22. The highest BCUT2D eigenvalue weighted by Crippen LogP contribution is 2.21. The van der Waals surface area contributed by atoms with Gasteiger partial charge in [-0.05, 0) is 0 Å². The van der Waals surface area contributed by atoms with E-state index in [2.05, 4.69) is 27.3 Å². The van der Waals surface area contributed by atoms with Crippen molar-refractivity contribution in [2.24, 2.45) is 5.90 Å². The third kappa shape index (κ3) is 2.62. The van der Waals surface area contributed by atoms with Crippen molar-refractivity contribution in [3.8, 4) is 11.3 Å². The van der Waals surface area contributed by atoms with Gasteiger partial charge in [-0.25, -0.2) is 10.9 Å². The van der Waals surface area contributed by atoms with Gasteiger partial charge < -0.3 is 4.84 Å². The van der Waals surface area contributed by atoms with Crippen LogP contribution in [-0.2, 0) is 11.3 Å². The Morgan fingerprint density at radius 1 is 1.27 bits per heavy atom. The number of benzene rings is 1. The first kappa shape index (κ1) is 10.3. The predicted molar refractivity (Wildman–Crippen MR) is 61.4 cm³/mol. The van der Waals surface area contributed by atoms with Crippen LogP contribution in [-0.4, -0.2) is 11.6 Å². The smallest absolute Gasteiger partial charge is 0.0956 e. The number of rotatable bonds is 4. The minimum Gasteiger partial charge on any atom is -0.304 e. The van der Waals surface area contributed by atoms with Gasteiger partial charge >= 0.3 is 0 Å². The van der Waals surface area contributed by atoms with Crippen LogP contribution in [0.4, 0.5) is 0 Å². The number of hydrogen-bond acceptors (Lipinski definition) is 4. The van der Waals surface area contributed by atoms with Gasteiger partial charge in [0.25, 0.3) is 0 Å². The molecule has 0 aliphatic carbocycles. The topological polar surface area (TPSA) is 48.1 Å². The highest BCUT2D eigenvalue weighted by atomic mass is 32.1. The molecule has 2 rings (SSSR count). The summed E-state index contributed by atoms with van der Waals surface area (Å²) < 4.78 is 0. The van der Waals surface area contributed by atoms with Crippen LogP contribution in [0.25, 0.3) is 11.3 Å². The Morgan fingerprint density at radius 3 is 2.80 bits per heavy atom. The molecule has 0 unspecified atom stereocenters. The molecule has 0 atom stereocenters. The van der Waals surface area contributed by atoms with Crippen molar-refractivity contribution < 1.29 is 4.84 Å². The van der Waals surface area contributed by atoms with Crippen molar-refractivity contribution in [2.75, 3.05) is 6.61 Å². The lowest BCUT2D eigenvalue weighted by atomic mass is 10.2. The quantitative estimate of drug-likeness (QED) is 0.804. The molecule has 0 aliphatic rings. The highest BCUT2D eigenvalue weighted by molar-refractivity contribution is 7.09. The van der Waals surface area contributed by atoms with E-state index in [4.69, 9.17) is 5.90 Å². The molecule has 1 heterocycles. The van der Waals surface area contributed by atoms with Crippen LogP contribution in [0, 0.1) is 0 Å². The van der Waals surface area contributed by atoms with Crippen molar-refractivity contribution in [3.63, 3.8) is 0 Å². The van der Waals surface area contributed by atoms with Gasteiger partial charge in [0.1, 0.15) is 0 Å². The van der Waals surface area contributed by atoms with Crippen LogP contribution in [0.15, 0.2) is 35.7 Å². The number of nitrogens with zero attached hydrogens (tertiary/aromatic N) is 1. The molecular formula is C11H12N2OS. The standard InChI is InChI=1S/C11H12N2OS/c12-14-7-6-11-13-10(8-15-11)9-4-2-1-3-5-9/h1-5,8H,6-7,12H2. The summed E-state index contributed by atoms with van der Waals surface area (Å²) in [7, 11) is 0. The van der Waals surface area contributed by atoms with Crippen LogP contribution in [0.2, 0.25) is 0 Å². The van der Waals surface area contributed by atoms with Gasteiger partial charge in [0, 0.05) is 17.4 Å². The molecule has 2 N–H and O–H groups in total. The molecule has 0 fully saturated rings. The van der Waals surface area contributed by atoms with E-state index in [-0.39, 0.29) is 0 Å². The van der Waals surface area contributed by atoms with Gasteiger partial charge in [0.15, 0.2) is 0 Å². The van der Waals surface area contributed by atoms with Crippen LogP contribution in [0.1, 0.15) is 5.01 Å². The van der Waals surface area contributed by atoms with E-state index in [1.807, 2.05) is 18.2 Å². The molecule has 3 nitrogen and oxygen atoms in total. The van der Waals surface area contributed by atoms with Gasteiger partial charge in [-0.15, -0.1) is 11.3 Å². The second kappa shape index (κ2) is 5.02. The molecule has 78 valence electrons. The fraction of sp³-hybridized carbons (Fsp3) is 0.182. The summed E-state index contributed by atoms with van der Waals surface area (Å²) in [6, 6.07) is 10.1. The SMILES string of the molecule is NOCCc1nc(-c2ccccc2)cs1. The van der Waals surface area contributed by atoms with Crippen LogP contribution in [0.3, 0.4) is 0 Å². The van der Waals surface area contributed by atoms with Crippen LogP contribution < -0.4 is 5.90 Å². The fourth-order valence-corrected chi connectivity index (χ4v) is 2.10. The lowest BCUT2D eigenvalue weighted by Crippen LogP contribution is -2.03. The van der Waals surface area contributed by atoms with Gasteiger partial charge in [-0.2, -0.15) is 0 Å². The summed E-state index contributed by atoms with van der Waals surface area (Å²) in [6.07, 6.45) is 0.772. The van der Waals surface area contributed by atoms with Gasteiger partial charge in [0.2, 0.25) is 0 Å². The molecule has 0 saturated carbocycles. The largest absolute Gasteiger partial charge is 0.304 e. The third-order valence-electron chi connectivity index (χ3n) is 2.06. The number of nitrogens with two attached hydrogens (primary N) is 1. The molecule has 0 amide bonds. The van der Waals surface area contributed by atoms with E-state index < -0.39 is 0 Å². The number of thiazole rings is 1. The molecule has 1 aromatic heterocycles. The summed E-state index contributed by atoms with van der Waals surface area (Å²) in [4.78, 5) is 9.03. The van der Waals surface area contributed by atoms with E-state index in [0.717, 1.165) is 22.7 Å².